The predicted octanol–water partition coefficient (Wildman–Crippen LogP) is 2.03. The number of nitrogens with zero attached hydrogens (tertiary/aromatic N) is 3. The molecular weight excluding hydrogens is 322 g/mol. The Morgan fingerprint density at radius 1 is 1.54 bits per heavy atom. The Kier molecular flexibility index (Phi) is 6.12. The van der Waals surface area contributed by atoms with Gasteiger partial charge >= 0.3 is 0 Å². The molecule has 2 atom stereocenters. The number of rotatable bonds is 1. The third-order valence-electron chi connectivity index (χ3n) is 4.84. The molecule has 3 aliphatic heterocycles. The first-order chi connectivity index (χ1) is 11.4. The molecule has 3 N–H and O–H groups in total. The maximum atomic E-state index is 7.78. The van der Waals surface area contributed by atoms with Gasteiger partial charge in [0.1, 0.15) is 5.60 Å². The summed E-state index contributed by atoms with van der Waals surface area (Å²) in [5.74, 6) is 0.306. The zero-order valence-electron chi connectivity index (χ0n) is 14.5. The number of hydrogen-bond acceptors (Lipinski definition) is 5. The highest BCUT2D eigenvalue weighted by molar-refractivity contribution is 7.80. The van der Waals surface area contributed by atoms with Crippen molar-refractivity contribution in [1.82, 2.24) is 9.80 Å². The molecule has 6 nitrogen and oxygen atoms in total. The predicted molar refractivity (Wildman–Crippen MR) is 105 cm³/mol. The Balaban J connectivity index is 0.000000244. The maximum Gasteiger partial charge on any atom is 0.166 e. The molecule has 0 aromatic rings. The van der Waals surface area contributed by atoms with Gasteiger partial charge in [0, 0.05) is 46.1 Å². The number of nitrogens with two attached hydrogens (primary N) is 1. The van der Waals surface area contributed by atoms with Crippen LogP contribution in [0.2, 0.25) is 0 Å². The second kappa shape index (κ2) is 7.90. The number of hydrogen-bond donors (Lipinski definition) is 2. The molecule has 2 saturated heterocycles. The average molecular weight is 352 g/mol. The summed E-state index contributed by atoms with van der Waals surface area (Å²) in [5.41, 5.74) is 6.55. The van der Waals surface area contributed by atoms with Crippen LogP contribution in [-0.4, -0.2) is 64.7 Å². The smallest absolute Gasteiger partial charge is 0.166 e. The molecule has 0 aromatic heterocycles. The fraction of sp³-hybridized carbons (Fsp3) is 0.588. The van der Waals surface area contributed by atoms with Gasteiger partial charge in [0.25, 0.3) is 0 Å². The largest absolute Gasteiger partial charge is 0.376 e. The number of piperazine rings is 1. The van der Waals surface area contributed by atoms with Crippen LogP contribution in [0, 0.1) is 11.3 Å². The highest BCUT2D eigenvalue weighted by atomic mass is 32.1. The summed E-state index contributed by atoms with van der Waals surface area (Å²) >= 11 is 4.85. The maximum absolute atomic E-state index is 7.78. The van der Waals surface area contributed by atoms with Gasteiger partial charge in [-0.25, -0.2) is 0 Å². The Morgan fingerprint density at radius 2 is 2.21 bits per heavy atom. The topological polar surface area (TPSA) is 77.9 Å². The van der Waals surface area contributed by atoms with Gasteiger partial charge in [-0.2, -0.15) is 0 Å². The van der Waals surface area contributed by atoms with Crippen LogP contribution in [0.15, 0.2) is 30.0 Å². The lowest BCUT2D eigenvalue weighted by Crippen LogP contribution is -2.52. The van der Waals surface area contributed by atoms with Crippen LogP contribution in [0.25, 0.3) is 0 Å². The Labute approximate surface area is 151 Å². The molecule has 134 valence electrons. The molecule has 0 radical (unpaired) electrons. The van der Waals surface area contributed by atoms with Crippen molar-refractivity contribution in [1.29, 1.82) is 5.41 Å². The Bertz CT molecular complexity index is 571. The van der Waals surface area contributed by atoms with Crippen LogP contribution in [-0.2, 0) is 4.74 Å². The van der Waals surface area contributed by atoms with E-state index in [-0.39, 0.29) is 7.03 Å². The molecule has 3 rings (SSSR count). The number of ether oxygens (including phenoxy) is 1. The molecule has 3 heterocycles. The minimum Gasteiger partial charge on any atom is -0.376 e. The Hall–Kier alpha value is -1.73. The molecule has 0 amide bonds. The fourth-order valence-corrected chi connectivity index (χ4v) is 3.14. The zero-order valence-corrected chi connectivity index (χ0v) is 15.3. The molecule has 24 heavy (non-hydrogen) atoms. The van der Waals surface area contributed by atoms with E-state index in [0.29, 0.717) is 29.8 Å². The monoisotopic (exact) mass is 351 g/mol. The number of nitrogens with one attached hydrogen (secondary N) is 1. The first kappa shape index (κ1) is 18.6. The van der Waals surface area contributed by atoms with E-state index >= 15 is 0 Å². The molecule has 3 aliphatic rings. The van der Waals surface area contributed by atoms with Gasteiger partial charge in [0.05, 0.1) is 18.0 Å². The first-order valence-corrected chi connectivity index (χ1v) is 8.67. The standard InChI is InChI=1S/C10H14N2O.C7H13N3S.H2/c1-7-3-5-12-9-8(11)4-6-13-10(7,9)2;1-2-9-3-5-10(6-4-9)7(8)11;/h3,5,7,11H,4,6H2,1-2H3;2H,1,3-6H2,(H2,8,11);1H. The van der Waals surface area contributed by atoms with Gasteiger partial charge in [-0.1, -0.05) is 19.6 Å². The lowest BCUT2D eigenvalue weighted by atomic mass is 9.80. The van der Waals surface area contributed by atoms with Crippen LogP contribution >= 0.6 is 12.2 Å². The van der Waals surface area contributed by atoms with Crippen molar-refractivity contribution in [3.8, 4) is 0 Å². The van der Waals surface area contributed by atoms with E-state index in [1.807, 2.05) is 24.1 Å². The number of fused-ring (bicyclic) bond motifs is 1. The number of aliphatic imine (C=N–C) groups is 1. The van der Waals surface area contributed by atoms with Crippen LogP contribution in [0.4, 0.5) is 0 Å². The van der Waals surface area contributed by atoms with Gasteiger partial charge in [0.15, 0.2) is 5.11 Å². The summed E-state index contributed by atoms with van der Waals surface area (Å²) in [7, 11) is 0. The minimum atomic E-state index is -0.357. The van der Waals surface area contributed by atoms with E-state index in [1.165, 1.54) is 0 Å². The summed E-state index contributed by atoms with van der Waals surface area (Å²) in [6.45, 7) is 12.2. The van der Waals surface area contributed by atoms with Gasteiger partial charge in [-0.05, 0) is 25.3 Å². The highest BCUT2D eigenvalue weighted by Gasteiger charge is 2.42. The minimum absolute atomic E-state index is 0. The first-order valence-electron chi connectivity index (χ1n) is 8.26. The summed E-state index contributed by atoms with van der Waals surface area (Å²) < 4.78 is 5.73. The van der Waals surface area contributed by atoms with E-state index in [4.69, 9.17) is 28.1 Å². The van der Waals surface area contributed by atoms with Crippen molar-refractivity contribution in [2.24, 2.45) is 16.6 Å². The van der Waals surface area contributed by atoms with Crippen molar-refractivity contribution in [3.63, 3.8) is 0 Å². The molecule has 0 spiro atoms. The molecule has 7 heteroatoms. The molecule has 0 aromatic carbocycles. The fourth-order valence-electron chi connectivity index (χ4n) is 2.96. The van der Waals surface area contributed by atoms with E-state index in [9.17, 15) is 0 Å². The van der Waals surface area contributed by atoms with Crippen LogP contribution in [0.3, 0.4) is 0 Å². The van der Waals surface area contributed by atoms with Crippen molar-refractivity contribution in [2.45, 2.75) is 25.9 Å². The summed E-state index contributed by atoms with van der Waals surface area (Å²) in [6, 6.07) is 0. The van der Waals surface area contributed by atoms with E-state index in [1.54, 1.807) is 6.20 Å². The summed E-state index contributed by atoms with van der Waals surface area (Å²) in [4.78, 5) is 8.41. The third kappa shape index (κ3) is 4.02. The van der Waals surface area contributed by atoms with Gasteiger partial charge in [0.2, 0.25) is 0 Å². The summed E-state index contributed by atoms with van der Waals surface area (Å²) in [5, 5.41) is 8.29. The van der Waals surface area contributed by atoms with Crippen molar-refractivity contribution < 1.29 is 6.16 Å². The molecular formula is C17H29N5OS. The second-order valence-electron chi connectivity index (χ2n) is 6.34. The van der Waals surface area contributed by atoms with Crippen LogP contribution in [0.1, 0.15) is 21.7 Å². The molecule has 0 bridgehead atoms. The van der Waals surface area contributed by atoms with Crippen molar-refractivity contribution in [3.05, 3.63) is 25.1 Å². The normalized spacial score (nSPS) is 29.2. The quantitative estimate of drug-likeness (QED) is 0.707. The van der Waals surface area contributed by atoms with Gasteiger partial charge in [-0.15, -0.1) is 0 Å². The molecule has 2 fully saturated rings. The van der Waals surface area contributed by atoms with E-state index in [2.05, 4.69) is 23.4 Å². The molecule has 0 aliphatic carbocycles. The van der Waals surface area contributed by atoms with Crippen LogP contribution in [0.5, 0.6) is 0 Å². The molecule has 2 unspecified atom stereocenters. The van der Waals surface area contributed by atoms with Crippen molar-refractivity contribution >= 4 is 28.8 Å². The van der Waals surface area contributed by atoms with Crippen LogP contribution < -0.4 is 5.73 Å². The van der Waals surface area contributed by atoms with Gasteiger partial charge < -0.3 is 25.7 Å². The second-order valence-corrected chi connectivity index (χ2v) is 6.75. The van der Waals surface area contributed by atoms with Gasteiger partial charge in [-0.3, -0.25) is 4.99 Å². The van der Waals surface area contributed by atoms with E-state index < -0.39 is 0 Å². The van der Waals surface area contributed by atoms with Crippen molar-refractivity contribution in [2.75, 3.05) is 32.8 Å². The average Bonchev–Trinajstić information content (AvgIpc) is 2.57. The summed E-state index contributed by atoms with van der Waals surface area (Å²) in [6.07, 6.45) is 6.36. The SMILES string of the molecule is C=CN1CCN(C(N)=S)CC1.CC1C=CN=C2C(=N)CCOC21C.[HH]. The lowest BCUT2D eigenvalue weighted by molar-refractivity contribution is -0.00531. The zero-order chi connectivity index (χ0) is 17.7. The third-order valence-corrected chi connectivity index (χ3v) is 5.10. The lowest BCUT2D eigenvalue weighted by Gasteiger charge is -2.40. The van der Waals surface area contributed by atoms with E-state index in [0.717, 1.165) is 31.9 Å². The Morgan fingerprint density at radius 3 is 2.75 bits per heavy atom. The highest BCUT2D eigenvalue weighted by Crippen LogP contribution is 2.31. The number of thiocarbonyl (C=S) groups is 1. The molecule has 0 saturated carbocycles.